The lowest BCUT2D eigenvalue weighted by Crippen LogP contribution is -2.28. The summed E-state index contributed by atoms with van der Waals surface area (Å²) in [5.41, 5.74) is 4.01. The minimum atomic E-state index is -0.269. The van der Waals surface area contributed by atoms with Crippen molar-refractivity contribution in [3.05, 3.63) is 95.6 Å². The number of carbonyl (C=O) groups is 2. The SMILES string of the molecule is CN(C)c1ccc(NC(=O)COCc2ccccc2)cc1C(=O)NCCc1ccccc1. The zero-order chi connectivity index (χ0) is 22.8. The summed E-state index contributed by atoms with van der Waals surface area (Å²) in [6.07, 6.45) is 0.749. The monoisotopic (exact) mass is 431 g/mol. The lowest BCUT2D eigenvalue weighted by atomic mass is 10.1. The zero-order valence-electron chi connectivity index (χ0n) is 18.5. The van der Waals surface area contributed by atoms with E-state index in [1.807, 2.05) is 85.7 Å². The van der Waals surface area contributed by atoms with Gasteiger partial charge in [-0.2, -0.15) is 0 Å². The van der Waals surface area contributed by atoms with Crippen molar-refractivity contribution in [3.63, 3.8) is 0 Å². The Kier molecular flexibility index (Phi) is 8.40. The molecule has 0 radical (unpaired) electrons. The predicted octanol–water partition coefficient (Wildman–Crippen LogP) is 3.88. The van der Waals surface area contributed by atoms with E-state index in [0.29, 0.717) is 24.4 Å². The molecular formula is C26H29N3O3. The fraction of sp³-hybridized carbons (Fsp3) is 0.231. The molecule has 3 rings (SSSR count). The Morgan fingerprint density at radius 2 is 1.53 bits per heavy atom. The smallest absolute Gasteiger partial charge is 0.253 e. The Hall–Kier alpha value is -3.64. The molecule has 0 aliphatic heterocycles. The van der Waals surface area contributed by atoms with E-state index in [-0.39, 0.29) is 18.4 Å². The molecule has 0 fully saturated rings. The fourth-order valence-electron chi connectivity index (χ4n) is 3.28. The van der Waals surface area contributed by atoms with Crippen LogP contribution in [0.15, 0.2) is 78.9 Å². The van der Waals surface area contributed by atoms with Gasteiger partial charge in [-0.15, -0.1) is 0 Å². The summed E-state index contributed by atoms with van der Waals surface area (Å²) in [4.78, 5) is 27.0. The first-order valence-electron chi connectivity index (χ1n) is 10.6. The lowest BCUT2D eigenvalue weighted by molar-refractivity contribution is -0.121. The molecule has 6 nitrogen and oxygen atoms in total. The van der Waals surface area contributed by atoms with Gasteiger partial charge >= 0.3 is 0 Å². The number of amides is 2. The van der Waals surface area contributed by atoms with E-state index < -0.39 is 0 Å². The van der Waals surface area contributed by atoms with E-state index in [4.69, 9.17) is 4.74 Å². The van der Waals surface area contributed by atoms with Crippen molar-refractivity contribution in [2.45, 2.75) is 13.0 Å². The van der Waals surface area contributed by atoms with E-state index in [1.165, 1.54) is 0 Å². The van der Waals surface area contributed by atoms with Crippen LogP contribution >= 0.6 is 0 Å². The maximum Gasteiger partial charge on any atom is 0.253 e. The summed E-state index contributed by atoms with van der Waals surface area (Å²) in [7, 11) is 3.76. The fourth-order valence-corrected chi connectivity index (χ4v) is 3.28. The van der Waals surface area contributed by atoms with Crippen molar-refractivity contribution >= 4 is 23.2 Å². The van der Waals surface area contributed by atoms with Crippen LogP contribution in [-0.4, -0.2) is 39.1 Å². The molecule has 0 spiro atoms. The summed E-state index contributed by atoms with van der Waals surface area (Å²) >= 11 is 0. The third kappa shape index (κ3) is 6.96. The molecule has 0 saturated carbocycles. The van der Waals surface area contributed by atoms with Crippen molar-refractivity contribution in [1.29, 1.82) is 0 Å². The van der Waals surface area contributed by atoms with Gasteiger partial charge in [0.1, 0.15) is 6.61 Å². The van der Waals surface area contributed by atoms with Crippen LogP contribution in [0, 0.1) is 0 Å². The van der Waals surface area contributed by atoms with E-state index >= 15 is 0 Å². The molecular weight excluding hydrogens is 402 g/mol. The zero-order valence-corrected chi connectivity index (χ0v) is 18.5. The van der Waals surface area contributed by atoms with Gasteiger partial charge < -0.3 is 20.3 Å². The Labute approximate surface area is 189 Å². The van der Waals surface area contributed by atoms with E-state index in [0.717, 1.165) is 23.2 Å². The molecule has 166 valence electrons. The van der Waals surface area contributed by atoms with Crippen LogP contribution in [0.4, 0.5) is 11.4 Å². The van der Waals surface area contributed by atoms with Gasteiger partial charge in [-0.25, -0.2) is 0 Å². The predicted molar refractivity (Wildman–Crippen MR) is 128 cm³/mol. The van der Waals surface area contributed by atoms with Gasteiger partial charge in [0.05, 0.1) is 12.2 Å². The van der Waals surface area contributed by atoms with Crippen LogP contribution in [-0.2, 0) is 22.6 Å². The Morgan fingerprint density at radius 3 is 2.19 bits per heavy atom. The molecule has 32 heavy (non-hydrogen) atoms. The second kappa shape index (κ2) is 11.7. The molecule has 6 heteroatoms. The quantitative estimate of drug-likeness (QED) is 0.511. The third-order valence-electron chi connectivity index (χ3n) is 4.89. The van der Waals surface area contributed by atoms with Gasteiger partial charge in [-0.3, -0.25) is 9.59 Å². The van der Waals surface area contributed by atoms with Crippen LogP contribution in [0.1, 0.15) is 21.5 Å². The Bertz CT molecular complexity index is 1020. The summed E-state index contributed by atoms with van der Waals surface area (Å²) in [6.45, 7) is 0.825. The van der Waals surface area contributed by atoms with Crippen LogP contribution in [0.5, 0.6) is 0 Å². The van der Waals surface area contributed by atoms with Crippen molar-refractivity contribution in [2.24, 2.45) is 0 Å². The van der Waals surface area contributed by atoms with Crippen molar-refractivity contribution < 1.29 is 14.3 Å². The topological polar surface area (TPSA) is 70.7 Å². The molecule has 0 unspecified atom stereocenters. The van der Waals surface area contributed by atoms with Crippen molar-refractivity contribution in [2.75, 3.05) is 37.5 Å². The van der Waals surface area contributed by atoms with Crippen LogP contribution in [0.2, 0.25) is 0 Å². The molecule has 0 atom stereocenters. The largest absolute Gasteiger partial charge is 0.377 e. The van der Waals surface area contributed by atoms with Crippen molar-refractivity contribution in [3.8, 4) is 0 Å². The standard InChI is InChI=1S/C26H29N3O3/c1-29(2)24-14-13-22(28-25(30)19-32-18-21-11-7-4-8-12-21)17-23(24)26(31)27-16-15-20-9-5-3-6-10-20/h3-14,17H,15-16,18-19H2,1-2H3,(H,27,31)(H,28,30). The number of hydrogen-bond donors (Lipinski definition) is 2. The number of anilines is 2. The van der Waals surface area contributed by atoms with E-state index in [1.54, 1.807) is 12.1 Å². The maximum absolute atomic E-state index is 12.9. The lowest BCUT2D eigenvalue weighted by Gasteiger charge is -2.18. The molecule has 3 aromatic carbocycles. The molecule has 0 heterocycles. The number of benzene rings is 3. The van der Waals surface area contributed by atoms with Gasteiger partial charge in [0.2, 0.25) is 5.91 Å². The molecule has 2 N–H and O–H groups in total. The molecule has 2 amide bonds. The molecule has 0 aliphatic rings. The number of carbonyl (C=O) groups excluding carboxylic acids is 2. The average Bonchev–Trinajstić information content (AvgIpc) is 2.80. The highest BCUT2D eigenvalue weighted by molar-refractivity contribution is 6.02. The number of nitrogens with zero attached hydrogens (tertiary/aromatic N) is 1. The first-order valence-corrected chi connectivity index (χ1v) is 10.6. The number of nitrogens with one attached hydrogen (secondary N) is 2. The highest BCUT2D eigenvalue weighted by atomic mass is 16.5. The van der Waals surface area contributed by atoms with Crippen LogP contribution in [0.3, 0.4) is 0 Å². The second-order valence-corrected chi connectivity index (χ2v) is 7.64. The summed E-state index contributed by atoms with van der Waals surface area (Å²) in [5.74, 6) is -0.449. The van der Waals surface area contributed by atoms with E-state index in [2.05, 4.69) is 10.6 Å². The highest BCUT2D eigenvalue weighted by Crippen LogP contribution is 2.23. The normalized spacial score (nSPS) is 10.4. The van der Waals surface area contributed by atoms with Gasteiger partial charge in [0.25, 0.3) is 5.91 Å². The summed E-state index contributed by atoms with van der Waals surface area (Å²) in [5, 5.41) is 5.78. The van der Waals surface area contributed by atoms with Gasteiger partial charge in [-0.05, 0) is 35.7 Å². The highest BCUT2D eigenvalue weighted by Gasteiger charge is 2.15. The van der Waals surface area contributed by atoms with Gasteiger partial charge in [0, 0.05) is 32.0 Å². The average molecular weight is 432 g/mol. The molecule has 0 saturated heterocycles. The number of hydrogen-bond acceptors (Lipinski definition) is 4. The Balaban J connectivity index is 1.57. The minimum Gasteiger partial charge on any atom is -0.377 e. The molecule has 0 aliphatic carbocycles. The van der Waals surface area contributed by atoms with Crippen molar-refractivity contribution in [1.82, 2.24) is 5.32 Å². The minimum absolute atomic E-state index is 0.0665. The third-order valence-corrected chi connectivity index (χ3v) is 4.89. The first kappa shape index (κ1) is 23.0. The maximum atomic E-state index is 12.9. The van der Waals surface area contributed by atoms with E-state index in [9.17, 15) is 9.59 Å². The second-order valence-electron chi connectivity index (χ2n) is 7.64. The van der Waals surface area contributed by atoms with Crippen LogP contribution in [0.25, 0.3) is 0 Å². The van der Waals surface area contributed by atoms with Gasteiger partial charge in [-0.1, -0.05) is 60.7 Å². The molecule has 0 bridgehead atoms. The summed E-state index contributed by atoms with van der Waals surface area (Å²) in [6, 6.07) is 25.0. The molecule has 3 aromatic rings. The number of rotatable bonds is 10. The van der Waals surface area contributed by atoms with Crippen LogP contribution < -0.4 is 15.5 Å². The van der Waals surface area contributed by atoms with Gasteiger partial charge in [0.15, 0.2) is 0 Å². The number of ether oxygens (including phenoxy) is 1. The Morgan fingerprint density at radius 1 is 0.875 bits per heavy atom. The molecule has 0 aromatic heterocycles. The first-order chi connectivity index (χ1) is 15.5. The summed E-state index contributed by atoms with van der Waals surface area (Å²) < 4.78 is 5.49.